The Morgan fingerprint density at radius 2 is 1.96 bits per heavy atom. The van der Waals surface area contributed by atoms with Crippen LogP contribution in [0.1, 0.15) is 44.9 Å². The molecule has 3 rings (SSSR count). The van der Waals surface area contributed by atoms with E-state index in [0.29, 0.717) is 19.0 Å². The number of aromatic nitrogens is 2. The minimum absolute atomic E-state index is 0.0116. The van der Waals surface area contributed by atoms with E-state index in [1.165, 1.54) is 25.7 Å². The predicted molar refractivity (Wildman–Crippen MR) is 93.9 cm³/mol. The van der Waals surface area contributed by atoms with Crippen LogP contribution in [0.2, 0.25) is 0 Å². The minimum Gasteiger partial charge on any atom is -0.381 e. The van der Waals surface area contributed by atoms with Gasteiger partial charge in [0.2, 0.25) is 5.91 Å². The zero-order chi connectivity index (χ0) is 16.6. The van der Waals surface area contributed by atoms with Crippen LogP contribution >= 0.6 is 0 Å². The van der Waals surface area contributed by atoms with Crippen molar-refractivity contribution in [2.75, 3.05) is 30.4 Å². The molecule has 0 spiro atoms. The van der Waals surface area contributed by atoms with E-state index < -0.39 is 0 Å². The normalized spacial score (nSPS) is 18.8. The molecule has 6 nitrogen and oxygen atoms in total. The zero-order valence-electron chi connectivity index (χ0n) is 14.1. The van der Waals surface area contributed by atoms with Crippen LogP contribution in [0.4, 0.5) is 11.6 Å². The van der Waals surface area contributed by atoms with Crippen LogP contribution < -0.4 is 10.6 Å². The van der Waals surface area contributed by atoms with Crippen LogP contribution in [0.3, 0.4) is 0 Å². The fourth-order valence-electron chi connectivity index (χ4n) is 3.16. The average Bonchev–Trinajstić information content (AvgIpc) is 2.65. The quantitative estimate of drug-likeness (QED) is 0.784. The Labute approximate surface area is 143 Å². The molecule has 2 heterocycles. The number of hydrogen-bond acceptors (Lipinski definition) is 5. The van der Waals surface area contributed by atoms with Crippen LogP contribution in [0, 0.1) is 5.92 Å². The summed E-state index contributed by atoms with van der Waals surface area (Å²) in [5.41, 5.74) is 1.54. The van der Waals surface area contributed by atoms with Gasteiger partial charge in [-0.15, -0.1) is 10.2 Å². The van der Waals surface area contributed by atoms with Gasteiger partial charge < -0.3 is 15.4 Å². The summed E-state index contributed by atoms with van der Waals surface area (Å²) in [4.78, 5) is 12.1. The molecule has 1 aromatic heterocycles. The number of hydrogen-bond donors (Lipinski definition) is 2. The Morgan fingerprint density at radius 3 is 2.67 bits per heavy atom. The summed E-state index contributed by atoms with van der Waals surface area (Å²) in [6.45, 7) is 2.18. The van der Waals surface area contributed by atoms with Crippen molar-refractivity contribution in [1.82, 2.24) is 10.2 Å². The smallest absolute Gasteiger partial charge is 0.228 e. The number of nitrogens with one attached hydrogen (secondary N) is 2. The molecule has 0 unspecified atom stereocenters. The number of carbonyl (C=O) groups excluding carboxylic acids is 1. The summed E-state index contributed by atoms with van der Waals surface area (Å²) in [6.07, 6.45) is 10.1. The van der Waals surface area contributed by atoms with E-state index in [9.17, 15) is 4.79 Å². The molecule has 1 aliphatic carbocycles. The molecule has 2 aliphatic rings. The van der Waals surface area contributed by atoms with Gasteiger partial charge in [0.25, 0.3) is 0 Å². The number of rotatable bonds is 6. The third-order valence-corrected chi connectivity index (χ3v) is 4.65. The van der Waals surface area contributed by atoms with E-state index in [2.05, 4.69) is 26.9 Å². The van der Waals surface area contributed by atoms with Gasteiger partial charge in [-0.1, -0.05) is 11.6 Å². The maximum Gasteiger partial charge on any atom is 0.228 e. The first-order valence-electron chi connectivity index (χ1n) is 8.95. The van der Waals surface area contributed by atoms with E-state index in [-0.39, 0.29) is 11.8 Å². The summed E-state index contributed by atoms with van der Waals surface area (Å²) in [5.74, 6) is 1.28. The maximum atomic E-state index is 12.1. The van der Waals surface area contributed by atoms with Crippen molar-refractivity contribution in [3.63, 3.8) is 0 Å². The van der Waals surface area contributed by atoms with E-state index in [4.69, 9.17) is 4.74 Å². The van der Waals surface area contributed by atoms with Crippen molar-refractivity contribution < 1.29 is 9.53 Å². The van der Waals surface area contributed by atoms with Crippen LogP contribution in [-0.2, 0) is 9.53 Å². The van der Waals surface area contributed by atoms with Crippen molar-refractivity contribution in [3.05, 3.63) is 23.8 Å². The van der Waals surface area contributed by atoms with Gasteiger partial charge in [-0.2, -0.15) is 0 Å². The molecule has 0 bridgehead atoms. The average molecular weight is 330 g/mol. The van der Waals surface area contributed by atoms with Gasteiger partial charge in [0, 0.05) is 25.7 Å². The monoisotopic (exact) mass is 330 g/mol. The minimum atomic E-state index is 0.0116. The van der Waals surface area contributed by atoms with Gasteiger partial charge in [0.15, 0.2) is 5.82 Å². The maximum absolute atomic E-state index is 12.1. The fraction of sp³-hybridized carbons (Fsp3) is 0.611. The van der Waals surface area contributed by atoms with Gasteiger partial charge in [-0.05, 0) is 57.1 Å². The molecular formula is C18H26N4O2. The third kappa shape index (κ3) is 5.03. The number of anilines is 2. The molecule has 1 amide bonds. The Bertz CT molecular complexity index is 565. The molecule has 1 aromatic rings. The van der Waals surface area contributed by atoms with Gasteiger partial charge >= 0.3 is 0 Å². The number of carbonyl (C=O) groups is 1. The van der Waals surface area contributed by atoms with Crippen molar-refractivity contribution in [2.24, 2.45) is 5.92 Å². The van der Waals surface area contributed by atoms with Crippen LogP contribution in [0.5, 0.6) is 0 Å². The molecule has 1 aliphatic heterocycles. The fourth-order valence-corrected chi connectivity index (χ4v) is 3.16. The van der Waals surface area contributed by atoms with Gasteiger partial charge in [-0.25, -0.2) is 0 Å². The Hall–Kier alpha value is -1.95. The molecule has 1 fully saturated rings. The number of allylic oxidation sites excluding steroid dienone is 1. The standard InChI is InChI=1S/C18H26N4O2/c23-18(15-9-12-24-13-10-15)20-17-7-6-16(21-22-17)19-11-8-14-4-2-1-3-5-14/h4,6-7,15H,1-3,5,8-13H2,(H,19,21)(H,20,22,23). The molecule has 6 heteroatoms. The summed E-state index contributed by atoms with van der Waals surface area (Å²) in [6, 6.07) is 3.66. The summed E-state index contributed by atoms with van der Waals surface area (Å²) >= 11 is 0. The van der Waals surface area contributed by atoms with Crippen LogP contribution in [-0.4, -0.2) is 35.9 Å². The number of amides is 1. The molecule has 0 aromatic carbocycles. The highest BCUT2D eigenvalue weighted by Crippen LogP contribution is 2.20. The predicted octanol–water partition coefficient (Wildman–Crippen LogP) is 3.14. The van der Waals surface area contributed by atoms with E-state index in [1.807, 2.05) is 6.07 Å². The largest absolute Gasteiger partial charge is 0.381 e. The Kier molecular flexibility index (Phi) is 6.18. The third-order valence-electron chi connectivity index (χ3n) is 4.65. The molecule has 0 saturated carbocycles. The summed E-state index contributed by atoms with van der Waals surface area (Å²) in [5, 5.41) is 14.4. The molecular weight excluding hydrogens is 304 g/mol. The lowest BCUT2D eigenvalue weighted by Crippen LogP contribution is -2.28. The second kappa shape index (κ2) is 8.78. The van der Waals surface area contributed by atoms with E-state index >= 15 is 0 Å². The number of nitrogens with zero attached hydrogens (tertiary/aromatic N) is 2. The van der Waals surface area contributed by atoms with Crippen molar-refractivity contribution in [1.29, 1.82) is 0 Å². The van der Waals surface area contributed by atoms with E-state index in [1.54, 1.807) is 11.6 Å². The van der Waals surface area contributed by atoms with Crippen LogP contribution in [0.25, 0.3) is 0 Å². The van der Waals surface area contributed by atoms with Crippen molar-refractivity contribution in [3.8, 4) is 0 Å². The highest BCUT2D eigenvalue weighted by molar-refractivity contribution is 5.91. The van der Waals surface area contributed by atoms with Gasteiger partial charge in [-0.3, -0.25) is 4.79 Å². The molecule has 2 N–H and O–H groups in total. The first-order valence-corrected chi connectivity index (χ1v) is 8.95. The second-order valence-corrected chi connectivity index (χ2v) is 6.46. The molecule has 130 valence electrons. The van der Waals surface area contributed by atoms with E-state index in [0.717, 1.165) is 31.6 Å². The van der Waals surface area contributed by atoms with Crippen LogP contribution in [0.15, 0.2) is 23.8 Å². The lowest BCUT2D eigenvalue weighted by atomic mass is 9.97. The first-order chi connectivity index (χ1) is 11.8. The van der Waals surface area contributed by atoms with Crippen molar-refractivity contribution in [2.45, 2.75) is 44.9 Å². The van der Waals surface area contributed by atoms with Crippen molar-refractivity contribution >= 4 is 17.5 Å². The second-order valence-electron chi connectivity index (χ2n) is 6.46. The zero-order valence-corrected chi connectivity index (χ0v) is 14.1. The Morgan fingerprint density at radius 1 is 1.17 bits per heavy atom. The molecule has 0 radical (unpaired) electrons. The van der Waals surface area contributed by atoms with Gasteiger partial charge in [0.1, 0.15) is 5.82 Å². The lowest BCUT2D eigenvalue weighted by molar-refractivity contribution is -0.122. The summed E-state index contributed by atoms with van der Waals surface area (Å²) < 4.78 is 5.28. The number of ether oxygens (including phenoxy) is 1. The molecule has 24 heavy (non-hydrogen) atoms. The topological polar surface area (TPSA) is 76.1 Å². The lowest BCUT2D eigenvalue weighted by Gasteiger charge is -2.20. The SMILES string of the molecule is O=C(Nc1ccc(NCCC2=CCCCC2)nn1)C1CCOCC1. The van der Waals surface area contributed by atoms with Gasteiger partial charge in [0.05, 0.1) is 0 Å². The molecule has 1 saturated heterocycles. The first kappa shape index (κ1) is 16.9. The highest BCUT2D eigenvalue weighted by atomic mass is 16.5. The summed E-state index contributed by atoms with van der Waals surface area (Å²) in [7, 11) is 0. The Balaban J connectivity index is 1.42. The highest BCUT2D eigenvalue weighted by Gasteiger charge is 2.21. The molecule has 0 atom stereocenters.